The lowest BCUT2D eigenvalue weighted by Crippen LogP contribution is -2.47. The van der Waals surface area contributed by atoms with E-state index >= 15 is 0 Å². The summed E-state index contributed by atoms with van der Waals surface area (Å²) in [5, 5.41) is 0. The zero-order chi connectivity index (χ0) is 14.9. The third kappa shape index (κ3) is 3.21. The van der Waals surface area contributed by atoms with Crippen LogP contribution in [0.1, 0.15) is 30.0 Å². The maximum atomic E-state index is 12.5. The number of nitrogens with one attached hydrogen (secondary N) is 1. The molecule has 0 bridgehead atoms. The van der Waals surface area contributed by atoms with Crippen LogP contribution in [0.2, 0.25) is 0 Å². The Morgan fingerprint density at radius 3 is 2.81 bits per heavy atom. The van der Waals surface area contributed by atoms with Crippen LogP contribution in [0.4, 0.5) is 5.69 Å². The number of hydrogen-bond donors (Lipinski definition) is 2. The summed E-state index contributed by atoms with van der Waals surface area (Å²) in [6.07, 6.45) is 2.74. The molecule has 1 aliphatic carbocycles. The minimum atomic E-state index is -3.46. The summed E-state index contributed by atoms with van der Waals surface area (Å²) in [4.78, 5) is 0. The van der Waals surface area contributed by atoms with Crippen molar-refractivity contribution in [1.29, 1.82) is 0 Å². The molecule has 21 heavy (non-hydrogen) atoms. The Kier molecular flexibility index (Phi) is 4.17. The molecule has 7 heteroatoms. The molecule has 0 aromatic heterocycles. The number of hydrogen-bond acceptors (Lipinski definition) is 4. The Balaban J connectivity index is 1.79. The summed E-state index contributed by atoms with van der Waals surface area (Å²) >= 11 is 0. The highest BCUT2D eigenvalue weighted by Crippen LogP contribution is 2.31. The molecule has 0 saturated carbocycles. The number of rotatable bonds is 3. The summed E-state index contributed by atoms with van der Waals surface area (Å²) in [5.74, 6) is 0. The molecule has 1 fully saturated rings. The molecule has 6 nitrogen and oxygen atoms in total. The van der Waals surface area contributed by atoms with Crippen molar-refractivity contribution in [3.05, 3.63) is 29.3 Å². The van der Waals surface area contributed by atoms with Crippen LogP contribution in [-0.4, -0.2) is 39.0 Å². The van der Waals surface area contributed by atoms with Crippen LogP contribution in [0, 0.1) is 0 Å². The lowest BCUT2D eigenvalue weighted by molar-refractivity contribution is 0.0722. The van der Waals surface area contributed by atoms with Crippen molar-refractivity contribution in [2.75, 3.05) is 32.0 Å². The van der Waals surface area contributed by atoms with E-state index in [2.05, 4.69) is 4.72 Å². The molecule has 1 atom stereocenters. The molecule has 0 spiro atoms. The van der Waals surface area contributed by atoms with Gasteiger partial charge < -0.3 is 10.5 Å². The van der Waals surface area contributed by atoms with Gasteiger partial charge in [-0.3, -0.25) is 0 Å². The molecule has 1 heterocycles. The van der Waals surface area contributed by atoms with Gasteiger partial charge in [0.15, 0.2) is 0 Å². The lowest BCUT2D eigenvalue weighted by Gasteiger charge is -2.31. The number of benzene rings is 1. The molecule has 116 valence electrons. The molecule has 1 aromatic rings. The van der Waals surface area contributed by atoms with E-state index < -0.39 is 10.2 Å². The second-order valence-corrected chi connectivity index (χ2v) is 7.24. The molecule has 1 saturated heterocycles. The van der Waals surface area contributed by atoms with Gasteiger partial charge in [-0.05, 0) is 42.5 Å². The summed E-state index contributed by atoms with van der Waals surface area (Å²) in [6, 6.07) is 5.56. The van der Waals surface area contributed by atoms with E-state index in [-0.39, 0.29) is 6.04 Å². The first kappa shape index (κ1) is 14.8. The molecule has 0 amide bonds. The van der Waals surface area contributed by atoms with E-state index in [0.717, 1.165) is 36.1 Å². The fourth-order valence-electron chi connectivity index (χ4n) is 3.00. The van der Waals surface area contributed by atoms with Gasteiger partial charge >= 0.3 is 0 Å². The van der Waals surface area contributed by atoms with Gasteiger partial charge in [0.2, 0.25) is 0 Å². The highest BCUT2D eigenvalue weighted by molar-refractivity contribution is 7.87. The molecule has 1 aromatic carbocycles. The van der Waals surface area contributed by atoms with Gasteiger partial charge in [0, 0.05) is 24.8 Å². The maximum Gasteiger partial charge on any atom is 0.280 e. The Morgan fingerprint density at radius 2 is 2.05 bits per heavy atom. The number of aryl methyl sites for hydroxylation is 1. The van der Waals surface area contributed by atoms with E-state index in [1.807, 2.05) is 18.2 Å². The number of ether oxygens (including phenoxy) is 1. The van der Waals surface area contributed by atoms with Crippen molar-refractivity contribution >= 4 is 15.9 Å². The average Bonchev–Trinajstić information content (AvgIpc) is 2.48. The van der Waals surface area contributed by atoms with Crippen LogP contribution < -0.4 is 10.5 Å². The number of morpholine rings is 1. The summed E-state index contributed by atoms with van der Waals surface area (Å²) in [6.45, 7) is 1.74. The third-order valence-electron chi connectivity index (χ3n) is 4.08. The van der Waals surface area contributed by atoms with Gasteiger partial charge in [-0.25, -0.2) is 0 Å². The number of nitrogen functional groups attached to an aromatic ring is 1. The predicted octanol–water partition coefficient (Wildman–Crippen LogP) is 0.813. The number of nitrogens with two attached hydrogens (primary N) is 1. The topological polar surface area (TPSA) is 84.7 Å². The molecular formula is C14H21N3O3S. The van der Waals surface area contributed by atoms with E-state index in [1.54, 1.807) is 0 Å². The van der Waals surface area contributed by atoms with E-state index in [9.17, 15) is 8.42 Å². The maximum absolute atomic E-state index is 12.5. The third-order valence-corrected chi connectivity index (χ3v) is 5.71. The average molecular weight is 311 g/mol. The standard InChI is InChI=1S/C14H21N3O3S/c15-12-4-5-13-11(10-12)2-1-3-14(13)16-21(18,19)17-6-8-20-9-7-17/h4-5,10,14,16H,1-3,6-9,15H2. The fourth-order valence-corrected chi connectivity index (χ4v) is 4.38. The van der Waals surface area contributed by atoms with Crippen LogP contribution in [-0.2, 0) is 21.4 Å². The van der Waals surface area contributed by atoms with Crippen molar-refractivity contribution < 1.29 is 13.2 Å². The number of nitrogens with zero attached hydrogens (tertiary/aromatic N) is 1. The van der Waals surface area contributed by atoms with Crippen LogP contribution in [0.15, 0.2) is 18.2 Å². The van der Waals surface area contributed by atoms with Gasteiger partial charge in [-0.2, -0.15) is 17.4 Å². The Hall–Kier alpha value is -1.15. The normalized spacial score (nSPS) is 23.7. The first-order valence-electron chi connectivity index (χ1n) is 7.30. The highest BCUT2D eigenvalue weighted by atomic mass is 32.2. The first-order chi connectivity index (χ1) is 10.1. The van der Waals surface area contributed by atoms with Crippen molar-refractivity contribution in [3.63, 3.8) is 0 Å². The van der Waals surface area contributed by atoms with Crippen LogP contribution in [0.3, 0.4) is 0 Å². The van der Waals surface area contributed by atoms with Gasteiger partial charge in [0.05, 0.1) is 13.2 Å². The number of fused-ring (bicyclic) bond motifs is 1. The van der Waals surface area contributed by atoms with Crippen LogP contribution in [0.25, 0.3) is 0 Å². The Labute approximate surface area is 125 Å². The monoisotopic (exact) mass is 311 g/mol. The second-order valence-electron chi connectivity index (χ2n) is 5.54. The zero-order valence-electron chi connectivity index (χ0n) is 11.9. The highest BCUT2D eigenvalue weighted by Gasteiger charge is 2.29. The van der Waals surface area contributed by atoms with Crippen molar-refractivity contribution in [1.82, 2.24) is 9.03 Å². The van der Waals surface area contributed by atoms with E-state index in [0.29, 0.717) is 26.3 Å². The van der Waals surface area contributed by atoms with Gasteiger partial charge in [0.1, 0.15) is 0 Å². The Bertz CT molecular complexity index is 612. The fraction of sp³-hybridized carbons (Fsp3) is 0.571. The lowest BCUT2D eigenvalue weighted by atomic mass is 9.88. The van der Waals surface area contributed by atoms with Crippen molar-refractivity contribution in [2.45, 2.75) is 25.3 Å². The Morgan fingerprint density at radius 1 is 1.29 bits per heavy atom. The molecule has 1 unspecified atom stereocenters. The summed E-state index contributed by atoms with van der Waals surface area (Å²) in [7, 11) is -3.46. The van der Waals surface area contributed by atoms with Gasteiger partial charge in [0.25, 0.3) is 10.2 Å². The quantitative estimate of drug-likeness (QED) is 0.809. The predicted molar refractivity (Wildman–Crippen MR) is 81.0 cm³/mol. The van der Waals surface area contributed by atoms with E-state index in [1.165, 1.54) is 4.31 Å². The van der Waals surface area contributed by atoms with E-state index in [4.69, 9.17) is 10.5 Å². The molecular weight excluding hydrogens is 290 g/mol. The molecule has 3 N–H and O–H groups in total. The van der Waals surface area contributed by atoms with Gasteiger partial charge in [-0.1, -0.05) is 6.07 Å². The van der Waals surface area contributed by atoms with Crippen LogP contribution >= 0.6 is 0 Å². The number of anilines is 1. The molecule has 2 aliphatic rings. The van der Waals surface area contributed by atoms with Crippen molar-refractivity contribution in [2.24, 2.45) is 0 Å². The van der Waals surface area contributed by atoms with Crippen molar-refractivity contribution in [3.8, 4) is 0 Å². The molecule has 0 radical (unpaired) electrons. The zero-order valence-corrected chi connectivity index (χ0v) is 12.7. The largest absolute Gasteiger partial charge is 0.399 e. The second kappa shape index (κ2) is 5.92. The summed E-state index contributed by atoms with van der Waals surface area (Å²) < 4.78 is 34.4. The molecule has 3 rings (SSSR count). The minimum Gasteiger partial charge on any atom is -0.399 e. The smallest absolute Gasteiger partial charge is 0.280 e. The first-order valence-corrected chi connectivity index (χ1v) is 8.74. The van der Waals surface area contributed by atoms with Gasteiger partial charge in [-0.15, -0.1) is 0 Å². The molecule has 1 aliphatic heterocycles. The van der Waals surface area contributed by atoms with Crippen LogP contribution in [0.5, 0.6) is 0 Å². The SMILES string of the molecule is Nc1ccc2c(c1)CCCC2NS(=O)(=O)N1CCOCC1. The summed E-state index contributed by atoms with van der Waals surface area (Å²) in [5.41, 5.74) is 8.74. The minimum absolute atomic E-state index is 0.165.